The molecule has 0 fully saturated rings. The van der Waals surface area contributed by atoms with Gasteiger partial charge in [-0.2, -0.15) is 0 Å². The van der Waals surface area contributed by atoms with Gasteiger partial charge in [0.15, 0.2) is 0 Å². The molecule has 2 aromatic heterocycles. The van der Waals surface area contributed by atoms with E-state index in [9.17, 15) is 0 Å². The molecule has 12 aromatic rings. The summed E-state index contributed by atoms with van der Waals surface area (Å²) in [6.45, 7) is 0. The largest absolute Gasteiger partial charge is 0.456 e. The van der Waals surface area contributed by atoms with Crippen molar-refractivity contribution in [3.8, 4) is 33.4 Å². The highest BCUT2D eigenvalue weighted by molar-refractivity contribution is 6.16. The zero-order valence-electron chi connectivity index (χ0n) is 33.5. The van der Waals surface area contributed by atoms with E-state index in [2.05, 4.69) is 211 Å². The van der Waals surface area contributed by atoms with Crippen LogP contribution in [0, 0.1) is 0 Å². The molecule has 0 saturated carbocycles. The first-order chi connectivity index (χ1) is 30.7. The minimum Gasteiger partial charge on any atom is -0.456 e. The number of fused-ring (bicyclic) bond motifs is 18. The maximum atomic E-state index is 6.58. The molecular weight excluding hydrogens is 755 g/mol. The van der Waals surface area contributed by atoms with Crippen LogP contribution in [0.3, 0.4) is 0 Å². The Hall–Kier alpha value is -8.14. The normalized spacial score (nSPS) is 13.3. The molecule has 2 heterocycles. The van der Waals surface area contributed by atoms with Crippen LogP contribution in [-0.2, 0) is 5.41 Å². The summed E-state index contributed by atoms with van der Waals surface area (Å²) in [7, 11) is 0. The molecule has 0 saturated heterocycles. The molecule has 14 rings (SSSR count). The van der Waals surface area contributed by atoms with Gasteiger partial charge in [0.2, 0.25) is 0 Å². The van der Waals surface area contributed by atoms with Crippen molar-refractivity contribution in [1.29, 1.82) is 0 Å². The molecule has 0 radical (unpaired) electrons. The van der Waals surface area contributed by atoms with Crippen molar-refractivity contribution in [2.45, 2.75) is 5.41 Å². The first kappa shape index (κ1) is 33.7. The number of furan rings is 2. The van der Waals surface area contributed by atoms with E-state index in [1.807, 2.05) is 6.07 Å². The Morgan fingerprint density at radius 2 is 0.887 bits per heavy atom. The summed E-state index contributed by atoms with van der Waals surface area (Å²) in [5, 5.41) is 6.73. The van der Waals surface area contributed by atoms with Crippen LogP contribution in [0.4, 0.5) is 17.1 Å². The maximum Gasteiger partial charge on any atom is 0.143 e. The Morgan fingerprint density at radius 1 is 0.323 bits per heavy atom. The van der Waals surface area contributed by atoms with E-state index < -0.39 is 5.41 Å². The van der Waals surface area contributed by atoms with Crippen LogP contribution in [0.2, 0.25) is 0 Å². The first-order valence-electron chi connectivity index (χ1n) is 21.3. The predicted molar refractivity (Wildman–Crippen MR) is 255 cm³/mol. The monoisotopic (exact) mass is 789 g/mol. The van der Waals surface area contributed by atoms with E-state index in [0.29, 0.717) is 0 Å². The highest BCUT2D eigenvalue weighted by Crippen LogP contribution is 2.63. The summed E-state index contributed by atoms with van der Waals surface area (Å²) in [5.41, 5.74) is 18.9. The van der Waals surface area contributed by atoms with E-state index in [1.165, 1.54) is 49.9 Å². The molecule has 62 heavy (non-hydrogen) atoms. The highest BCUT2D eigenvalue weighted by atomic mass is 16.3. The summed E-state index contributed by atoms with van der Waals surface area (Å²) in [4.78, 5) is 2.43. The minimum atomic E-state index is -0.472. The molecule has 0 atom stereocenters. The summed E-state index contributed by atoms with van der Waals surface area (Å²) >= 11 is 0. The number of para-hydroxylation sites is 2. The molecule has 288 valence electrons. The van der Waals surface area contributed by atoms with Crippen molar-refractivity contribution in [3.63, 3.8) is 0 Å². The van der Waals surface area contributed by atoms with Crippen LogP contribution in [0.5, 0.6) is 0 Å². The molecular formula is C59H35NO2. The molecule has 1 spiro atoms. The average molecular weight is 790 g/mol. The van der Waals surface area contributed by atoms with Crippen LogP contribution in [0.1, 0.15) is 22.3 Å². The molecule has 2 aliphatic rings. The number of anilines is 3. The van der Waals surface area contributed by atoms with Gasteiger partial charge in [0, 0.05) is 49.9 Å². The van der Waals surface area contributed by atoms with Crippen molar-refractivity contribution in [2.75, 3.05) is 4.90 Å². The fourth-order valence-corrected chi connectivity index (χ4v) is 11.1. The van der Waals surface area contributed by atoms with Gasteiger partial charge in [0.25, 0.3) is 0 Å². The third kappa shape index (κ3) is 4.44. The Kier molecular flexibility index (Phi) is 6.76. The van der Waals surface area contributed by atoms with E-state index in [0.717, 1.165) is 77.5 Å². The lowest BCUT2D eigenvalue weighted by atomic mass is 9.70. The van der Waals surface area contributed by atoms with Crippen LogP contribution >= 0.6 is 0 Å². The fraction of sp³-hybridized carbons (Fsp3) is 0.0169. The van der Waals surface area contributed by atoms with Crippen molar-refractivity contribution < 1.29 is 8.83 Å². The lowest BCUT2D eigenvalue weighted by Crippen LogP contribution is -2.26. The Bertz CT molecular complexity index is 3780. The summed E-state index contributed by atoms with van der Waals surface area (Å²) in [5.74, 6) is 0. The Balaban J connectivity index is 1.03. The molecule has 0 aliphatic heterocycles. The van der Waals surface area contributed by atoms with E-state index in [1.54, 1.807) is 0 Å². The predicted octanol–water partition coefficient (Wildman–Crippen LogP) is 16.1. The van der Waals surface area contributed by atoms with Gasteiger partial charge in [-0.15, -0.1) is 0 Å². The molecule has 0 amide bonds. The van der Waals surface area contributed by atoms with Gasteiger partial charge in [0.05, 0.1) is 11.1 Å². The highest BCUT2D eigenvalue weighted by Gasteiger charge is 2.51. The third-order valence-electron chi connectivity index (χ3n) is 13.7. The lowest BCUT2D eigenvalue weighted by molar-refractivity contribution is 0.669. The zero-order chi connectivity index (χ0) is 40.5. The Morgan fingerprint density at radius 3 is 1.66 bits per heavy atom. The Labute approximate surface area is 357 Å². The molecule has 2 aliphatic carbocycles. The van der Waals surface area contributed by atoms with Crippen molar-refractivity contribution in [2.24, 2.45) is 0 Å². The van der Waals surface area contributed by atoms with Crippen LogP contribution in [0.15, 0.2) is 221 Å². The topological polar surface area (TPSA) is 29.5 Å². The van der Waals surface area contributed by atoms with E-state index >= 15 is 0 Å². The second-order valence-electron chi connectivity index (χ2n) is 16.7. The fourth-order valence-electron chi connectivity index (χ4n) is 11.1. The molecule has 0 bridgehead atoms. The van der Waals surface area contributed by atoms with Crippen molar-refractivity contribution in [3.05, 3.63) is 235 Å². The zero-order valence-corrected chi connectivity index (χ0v) is 33.5. The van der Waals surface area contributed by atoms with Gasteiger partial charge >= 0.3 is 0 Å². The smallest absolute Gasteiger partial charge is 0.143 e. The standard InChI is InChI=1S/C59H35NO2/c1-2-15-41-36(13-1)25-29-48-49-33-37(26-32-56(49)62-58(41)48)40-14-6-11-23-54(40)60(39-28-31-47-46-19-7-12-24-55(46)61-57(47)35-39)38-27-30-45-44-18-5-10-22-52(44)59(53(45)34-38)50-20-8-3-16-42(50)43-17-4-9-21-51(43)59/h1-35H. The minimum absolute atomic E-state index is 0.472. The average Bonchev–Trinajstić information content (AvgIpc) is 4.07. The van der Waals surface area contributed by atoms with Gasteiger partial charge < -0.3 is 13.7 Å². The molecule has 0 N–H and O–H groups in total. The number of hydrogen-bond donors (Lipinski definition) is 0. The van der Waals surface area contributed by atoms with Gasteiger partial charge in [-0.1, -0.05) is 152 Å². The lowest BCUT2D eigenvalue weighted by Gasteiger charge is -2.32. The van der Waals surface area contributed by atoms with Crippen LogP contribution in [-0.4, -0.2) is 0 Å². The van der Waals surface area contributed by atoms with Crippen molar-refractivity contribution >= 4 is 71.7 Å². The van der Waals surface area contributed by atoms with Crippen molar-refractivity contribution in [1.82, 2.24) is 0 Å². The number of benzene rings is 10. The number of hydrogen-bond acceptors (Lipinski definition) is 3. The molecule has 3 nitrogen and oxygen atoms in total. The second kappa shape index (κ2) is 12.4. The maximum absolute atomic E-state index is 6.58. The quantitative estimate of drug-likeness (QED) is 0.178. The number of nitrogens with zero attached hydrogens (tertiary/aromatic N) is 1. The summed E-state index contributed by atoms with van der Waals surface area (Å²) < 4.78 is 13.2. The molecule has 3 heteroatoms. The van der Waals surface area contributed by atoms with Gasteiger partial charge in [-0.25, -0.2) is 0 Å². The number of rotatable bonds is 4. The van der Waals surface area contributed by atoms with E-state index in [4.69, 9.17) is 8.83 Å². The summed E-state index contributed by atoms with van der Waals surface area (Å²) in [6.07, 6.45) is 0. The third-order valence-corrected chi connectivity index (χ3v) is 13.7. The second-order valence-corrected chi connectivity index (χ2v) is 16.7. The van der Waals surface area contributed by atoms with Crippen LogP contribution in [0.25, 0.3) is 88.0 Å². The summed E-state index contributed by atoms with van der Waals surface area (Å²) in [6, 6.07) is 77.4. The SMILES string of the molecule is c1ccc(N(c2ccc3c(c2)C2(c4ccccc4-c4ccccc42)c2ccccc2-3)c2ccc3c(c2)oc2ccccc23)c(-c2ccc3oc4c5ccccc5ccc4c3c2)c1. The van der Waals surface area contributed by atoms with Gasteiger partial charge in [-0.3, -0.25) is 0 Å². The van der Waals surface area contributed by atoms with E-state index in [-0.39, 0.29) is 0 Å². The van der Waals surface area contributed by atoms with Crippen LogP contribution < -0.4 is 4.90 Å². The molecule has 0 unspecified atom stereocenters. The molecule has 10 aromatic carbocycles. The van der Waals surface area contributed by atoms with Gasteiger partial charge in [0.1, 0.15) is 22.3 Å². The van der Waals surface area contributed by atoms with Gasteiger partial charge in [-0.05, 0) is 110 Å². The first-order valence-corrected chi connectivity index (χ1v) is 21.3.